The molecule has 0 aromatic heterocycles. The van der Waals surface area contributed by atoms with Crippen LogP contribution in [0.1, 0.15) is 24.5 Å². The molecule has 0 spiro atoms. The average Bonchev–Trinajstić information content (AvgIpc) is 2.70. The third-order valence-corrected chi connectivity index (χ3v) is 5.98. The zero-order valence-electron chi connectivity index (χ0n) is 18.1. The Morgan fingerprint density at radius 1 is 1.10 bits per heavy atom. The van der Waals surface area contributed by atoms with Crippen LogP contribution < -0.4 is 19.1 Å². The van der Waals surface area contributed by atoms with Crippen molar-refractivity contribution in [2.75, 3.05) is 31.3 Å². The number of nitrogens with zero attached hydrogens (tertiary/aromatic N) is 1. The molecule has 0 aliphatic rings. The van der Waals surface area contributed by atoms with Gasteiger partial charge in [0, 0.05) is 12.6 Å². The van der Waals surface area contributed by atoms with Crippen molar-refractivity contribution < 1.29 is 22.7 Å². The fraction of sp³-hybridized carbons (Fsp3) is 0.409. The molecule has 1 amide bonds. The number of methoxy groups -OCH3 is 2. The van der Waals surface area contributed by atoms with Gasteiger partial charge >= 0.3 is 0 Å². The summed E-state index contributed by atoms with van der Waals surface area (Å²) >= 11 is 0. The lowest BCUT2D eigenvalue weighted by molar-refractivity contribution is -0.121. The van der Waals surface area contributed by atoms with E-state index in [0.717, 1.165) is 23.4 Å². The molecule has 0 bridgehead atoms. The van der Waals surface area contributed by atoms with Gasteiger partial charge in [-0.3, -0.25) is 9.10 Å². The highest BCUT2D eigenvalue weighted by molar-refractivity contribution is 7.92. The molecule has 8 heteroatoms. The Morgan fingerprint density at radius 2 is 1.80 bits per heavy atom. The number of rotatable bonds is 10. The first kappa shape index (κ1) is 23.5. The minimum Gasteiger partial charge on any atom is -0.493 e. The Bertz CT molecular complexity index is 975. The van der Waals surface area contributed by atoms with Gasteiger partial charge in [0.25, 0.3) is 0 Å². The van der Waals surface area contributed by atoms with Crippen molar-refractivity contribution in [3.05, 3.63) is 53.6 Å². The second-order valence-corrected chi connectivity index (χ2v) is 9.02. The number of benzene rings is 2. The number of nitrogens with one attached hydrogen (secondary N) is 1. The molecule has 0 heterocycles. The number of hydrogen-bond acceptors (Lipinski definition) is 5. The Balaban J connectivity index is 2.07. The van der Waals surface area contributed by atoms with Crippen LogP contribution in [-0.4, -0.2) is 47.4 Å². The van der Waals surface area contributed by atoms with Gasteiger partial charge in [-0.15, -0.1) is 0 Å². The molecule has 164 valence electrons. The Hall–Kier alpha value is -2.74. The second kappa shape index (κ2) is 10.3. The Morgan fingerprint density at radius 3 is 2.40 bits per heavy atom. The van der Waals surface area contributed by atoms with Gasteiger partial charge in [0.05, 0.1) is 26.2 Å². The minimum absolute atomic E-state index is 0.331. The predicted molar refractivity (Wildman–Crippen MR) is 119 cm³/mol. The van der Waals surface area contributed by atoms with Crippen LogP contribution in [0.15, 0.2) is 42.5 Å². The maximum Gasteiger partial charge on any atom is 0.243 e. The van der Waals surface area contributed by atoms with E-state index in [9.17, 15) is 13.2 Å². The van der Waals surface area contributed by atoms with Crippen molar-refractivity contribution in [1.29, 1.82) is 0 Å². The van der Waals surface area contributed by atoms with Crippen molar-refractivity contribution in [2.45, 2.75) is 32.7 Å². The van der Waals surface area contributed by atoms with Gasteiger partial charge in [-0.1, -0.05) is 29.8 Å². The summed E-state index contributed by atoms with van der Waals surface area (Å²) in [7, 11) is -0.741. The van der Waals surface area contributed by atoms with Crippen molar-refractivity contribution in [3.63, 3.8) is 0 Å². The van der Waals surface area contributed by atoms with Gasteiger partial charge in [0.15, 0.2) is 11.5 Å². The quantitative estimate of drug-likeness (QED) is 0.581. The fourth-order valence-corrected chi connectivity index (χ4v) is 4.46. The number of ether oxygens (including phenoxy) is 2. The number of amides is 1. The lowest BCUT2D eigenvalue weighted by Crippen LogP contribution is -2.48. The maximum atomic E-state index is 12.7. The monoisotopic (exact) mass is 434 g/mol. The molecule has 0 aliphatic heterocycles. The average molecular weight is 435 g/mol. The van der Waals surface area contributed by atoms with E-state index in [1.54, 1.807) is 25.1 Å². The van der Waals surface area contributed by atoms with E-state index in [2.05, 4.69) is 17.4 Å². The SMILES string of the molecule is COc1ccc(N([C@H](C)C(=O)NCCCc2cccc(C)c2)S(C)(=O)=O)cc1OC. The molecule has 7 nitrogen and oxygen atoms in total. The van der Waals surface area contributed by atoms with Crippen LogP contribution >= 0.6 is 0 Å². The van der Waals surface area contributed by atoms with Crippen molar-refractivity contribution in [1.82, 2.24) is 5.32 Å². The van der Waals surface area contributed by atoms with Gasteiger partial charge in [0.1, 0.15) is 6.04 Å². The van der Waals surface area contributed by atoms with Crippen molar-refractivity contribution in [3.8, 4) is 11.5 Å². The molecule has 0 radical (unpaired) electrons. The smallest absolute Gasteiger partial charge is 0.243 e. The van der Waals surface area contributed by atoms with Crippen LogP contribution in [0, 0.1) is 6.92 Å². The lowest BCUT2D eigenvalue weighted by atomic mass is 10.1. The number of anilines is 1. The summed E-state index contributed by atoms with van der Waals surface area (Å²) in [6.07, 6.45) is 2.67. The molecule has 0 saturated carbocycles. The molecule has 0 fully saturated rings. The summed E-state index contributed by atoms with van der Waals surface area (Å²) in [4.78, 5) is 12.7. The normalized spacial score (nSPS) is 12.2. The molecular formula is C22H30N2O5S. The number of hydrogen-bond donors (Lipinski definition) is 1. The van der Waals surface area contributed by atoms with Crippen LogP contribution in [0.25, 0.3) is 0 Å². The first-order chi connectivity index (χ1) is 14.2. The molecule has 1 N–H and O–H groups in total. The van der Waals surface area contributed by atoms with E-state index in [0.29, 0.717) is 23.7 Å². The number of carbonyl (C=O) groups is 1. The first-order valence-corrected chi connectivity index (χ1v) is 11.6. The molecule has 0 unspecified atom stereocenters. The van der Waals surface area contributed by atoms with E-state index in [1.165, 1.54) is 25.3 Å². The summed E-state index contributed by atoms with van der Waals surface area (Å²) in [5.41, 5.74) is 2.74. The highest BCUT2D eigenvalue weighted by Crippen LogP contribution is 2.33. The van der Waals surface area contributed by atoms with Gasteiger partial charge in [-0.25, -0.2) is 8.42 Å². The van der Waals surface area contributed by atoms with E-state index in [-0.39, 0.29) is 5.91 Å². The van der Waals surface area contributed by atoms with Crippen LogP contribution in [0.4, 0.5) is 5.69 Å². The van der Waals surface area contributed by atoms with Gasteiger partial charge in [-0.2, -0.15) is 0 Å². The molecule has 2 rings (SSSR count). The second-order valence-electron chi connectivity index (χ2n) is 7.16. The maximum absolute atomic E-state index is 12.7. The summed E-state index contributed by atoms with van der Waals surface area (Å²) in [5, 5.41) is 2.84. The molecule has 30 heavy (non-hydrogen) atoms. The van der Waals surface area contributed by atoms with E-state index in [1.807, 2.05) is 19.1 Å². The molecule has 0 aliphatic carbocycles. The highest BCUT2D eigenvalue weighted by atomic mass is 32.2. The molecule has 2 aromatic rings. The Kier molecular flexibility index (Phi) is 8.11. The number of sulfonamides is 1. The fourth-order valence-electron chi connectivity index (χ4n) is 3.29. The largest absolute Gasteiger partial charge is 0.493 e. The first-order valence-electron chi connectivity index (χ1n) is 9.72. The minimum atomic E-state index is -3.71. The van der Waals surface area contributed by atoms with Crippen LogP contribution in [-0.2, 0) is 21.2 Å². The predicted octanol–water partition coefficient (Wildman–Crippen LogP) is 2.92. The van der Waals surface area contributed by atoms with E-state index in [4.69, 9.17) is 9.47 Å². The van der Waals surface area contributed by atoms with Crippen LogP contribution in [0.2, 0.25) is 0 Å². The zero-order valence-corrected chi connectivity index (χ0v) is 19.0. The Labute approximate surface area is 179 Å². The molecule has 0 saturated heterocycles. The summed E-state index contributed by atoms with van der Waals surface area (Å²) in [6, 6.07) is 12.0. The standard InChI is InChI=1S/C22H30N2O5S/c1-16-8-6-9-18(14-16)10-7-13-23-22(25)17(2)24(30(5,26)27)19-11-12-20(28-3)21(15-19)29-4/h6,8-9,11-12,14-15,17H,7,10,13H2,1-5H3,(H,23,25)/t17-/m1/s1. The topological polar surface area (TPSA) is 84.9 Å². The van der Waals surface area contributed by atoms with Gasteiger partial charge < -0.3 is 14.8 Å². The lowest BCUT2D eigenvalue weighted by Gasteiger charge is -2.28. The van der Waals surface area contributed by atoms with Crippen LogP contribution in [0.3, 0.4) is 0 Å². The van der Waals surface area contributed by atoms with Crippen LogP contribution in [0.5, 0.6) is 11.5 Å². The van der Waals surface area contributed by atoms with Crippen molar-refractivity contribution >= 4 is 21.6 Å². The number of aryl methyl sites for hydroxylation is 2. The van der Waals surface area contributed by atoms with E-state index >= 15 is 0 Å². The third kappa shape index (κ3) is 6.13. The summed E-state index contributed by atoms with van der Waals surface area (Å²) < 4.78 is 36.5. The zero-order chi connectivity index (χ0) is 22.3. The summed E-state index contributed by atoms with van der Waals surface area (Å²) in [5.74, 6) is 0.497. The van der Waals surface area contributed by atoms with Crippen molar-refractivity contribution in [2.24, 2.45) is 0 Å². The third-order valence-electron chi connectivity index (χ3n) is 4.73. The highest BCUT2D eigenvalue weighted by Gasteiger charge is 2.29. The van der Waals surface area contributed by atoms with E-state index < -0.39 is 16.1 Å². The number of carbonyl (C=O) groups excluding carboxylic acids is 1. The molecular weight excluding hydrogens is 404 g/mol. The van der Waals surface area contributed by atoms with Gasteiger partial charge in [-0.05, 0) is 44.4 Å². The molecule has 1 atom stereocenters. The summed E-state index contributed by atoms with van der Waals surface area (Å²) in [6.45, 7) is 4.06. The molecule has 2 aromatic carbocycles. The van der Waals surface area contributed by atoms with Gasteiger partial charge in [0.2, 0.25) is 15.9 Å².